The number of rotatable bonds is 47. The van der Waals surface area contributed by atoms with Crippen molar-refractivity contribution >= 4 is 13.7 Å². The van der Waals surface area contributed by atoms with Crippen LogP contribution in [0.25, 0.3) is 0 Å². The molecule has 1 rings (SSSR count). The number of carbonyl (C=O) groups is 1. The fourth-order valence-electron chi connectivity index (χ4n) is 9.08. The summed E-state index contributed by atoms with van der Waals surface area (Å²) in [6.45, 7) is 3.87. The summed E-state index contributed by atoms with van der Waals surface area (Å²) in [4.78, 5) is 23.5. The Morgan fingerprint density at radius 1 is 0.500 bits per heavy atom. The fourth-order valence-corrected chi connectivity index (χ4v) is 10.0. The van der Waals surface area contributed by atoms with Crippen molar-refractivity contribution in [3.8, 4) is 0 Å². The van der Waals surface area contributed by atoms with Crippen molar-refractivity contribution in [1.82, 2.24) is 5.32 Å². The molecule has 6 unspecified atom stereocenters. The van der Waals surface area contributed by atoms with Gasteiger partial charge < -0.3 is 40.8 Å². The number of phosphoric acid groups is 1. The first kappa shape index (κ1) is 63.1. The van der Waals surface area contributed by atoms with Crippen LogP contribution in [-0.2, 0) is 18.4 Å². The lowest BCUT2D eigenvalue weighted by Gasteiger charge is -2.41. The number of hydrogen-bond donors (Lipinski definition) is 8. The van der Waals surface area contributed by atoms with E-state index < -0.39 is 63.2 Å². The quantitative estimate of drug-likeness (QED) is 0.0164. The zero-order chi connectivity index (χ0) is 48.5. The maximum atomic E-state index is 13.0. The van der Waals surface area contributed by atoms with Crippen molar-refractivity contribution in [2.75, 3.05) is 6.61 Å². The highest BCUT2D eigenvalue weighted by molar-refractivity contribution is 7.47. The van der Waals surface area contributed by atoms with Crippen molar-refractivity contribution < 1.29 is 53.9 Å². The topological polar surface area (TPSA) is 206 Å². The summed E-state index contributed by atoms with van der Waals surface area (Å²) in [5.74, 6) is -0.335. The van der Waals surface area contributed by atoms with Crippen molar-refractivity contribution in [1.29, 1.82) is 0 Å². The number of allylic oxidation sites excluding steroid dienone is 1. The summed E-state index contributed by atoms with van der Waals surface area (Å²) in [6, 6.07) is -1.11. The number of unbranched alkanes of at least 4 members (excludes halogenated alkanes) is 36. The van der Waals surface area contributed by atoms with Crippen molar-refractivity contribution in [3.05, 3.63) is 12.2 Å². The molecule has 392 valence electrons. The van der Waals surface area contributed by atoms with Crippen LogP contribution in [0.1, 0.15) is 264 Å². The molecule has 1 saturated carbocycles. The third kappa shape index (κ3) is 33.6. The van der Waals surface area contributed by atoms with E-state index in [1.165, 1.54) is 199 Å². The Kier molecular flexibility index (Phi) is 41.0. The normalized spacial score (nSPS) is 21.9. The maximum absolute atomic E-state index is 13.0. The minimum atomic E-state index is -5.08. The molecular weight excluding hydrogens is 858 g/mol. The number of aliphatic hydroxyl groups excluding tert-OH is 6. The smallest absolute Gasteiger partial charge is 0.387 e. The summed E-state index contributed by atoms with van der Waals surface area (Å²) >= 11 is 0. The van der Waals surface area contributed by atoms with Crippen LogP contribution in [0, 0.1) is 0 Å². The van der Waals surface area contributed by atoms with Crippen LogP contribution < -0.4 is 5.32 Å². The van der Waals surface area contributed by atoms with E-state index in [2.05, 4.69) is 19.2 Å². The largest absolute Gasteiger partial charge is 0.472 e. The van der Waals surface area contributed by atoms with E-state index in [1.54, 1.807) is 0 Å². The summed E-state index contributed by atoms with van der Waals surface area (Å²) in [5, 5.41) is 64.2. The molecule has 0 aliphatic heterocycles. The van der Waals surface area contributed by atoms with E-state index in [9.17, 15) is 44.9 Å². The van der Waals surface area contributed by atoms with Gasteiger partial charge in [-0.2, -0.15) is 0 Å². The lowest BCUT2D eigenvalue weighted by atomic mass is 9.85. The predicted octanol–water partition coefficient (Wildman–Crippen LogP) is 12.0. The van der Waals surface area contributed by atoms with Crippen LogP contribution in [0.3, 0.4) is 0 Å². The molecule has 0 aromatic carbocycles. The predicted molar refractivity (Wildman–Crippen MR) is 269 cm³/mol. The van der Waals surface area contributed by atoms with Crippen LogP contribution in [0.5, 0.6) is 0 Å². The monoisotopic (exact) mass is 962 g/mol. The standard InChI is InChI=1S/C53H104NO11P/c1-3-5-7-9-11-13-15-17-18-19-20-21-22-23-24-25-26-27-28-29-31-33-35-37-39-41-43-47(56)54-45(46(55)42-40-38-36-34-32-30-16-14-12-10-8-6-4-2)44-64-66(62,63)65-53-51(60)49(58)48(57)50(59)52(53)61/h40,42,45-46,48-53,55,57-61H,3-39,41,43-44H2,1-2H3,(H,54,56)(H,62,63)/b42-40+/t45-,46+,48?,49+,50?,51?,52?,53?/m0/s1. The molecule has 0 saturated heterocycles. The van der Waals surface area contributed by atoms with Crippen molar-refractivity contribution in [3.63, 3.8) is 0 Å². The van der Waals surface area contributed by atoms with E-state index in [0.29, 0.717) is 6.42 Å². The van der Waals surface area contributed by atoms with E-state index in [1.807, 2.05) is 6.08 Å². The molecule has 66 heavy (non-hydrogen) atoms. The summed E-state index contributed by atoms with van der Waals surface area (Å²) < 4.78 is 23.0. The number of amides is 1. The second-order valence-corrected chi connectivity index (χ2v) is 21.2. The molecule has 0 aromatic rings. The second kappa shape index (κ2) is 42.9. The molecule has 8 N–H and O–H groups in total. The lowest BCUT2D eigenvalue weighted by molar-refractivity contribution is -0.220. The number of phosphoric ester groups is 1. The molecule has 13 heteroatoms. The number of carbonyl (C=O) groups excluding carboxylic acids is 1. The summed E-state index contributed by atoms with van der Waals surface area (Å²) in [6.07, 6.45) is 38.7. The molecule has 1 aliphatic carbocycles. The average Bonchev–Trinajstić information content (AvgIpc) is 3.30. The first-order chi connectivity index (χ1) is 31.9. The van der Waals surface area contributed by atoms with Gasteiger partial charge in [0.15, 0.2) is 0 Å². The lowest BCUT2D eigenvalue weighted by Crippen LogP contribution is -2.64. The number of nitrogens with one attached hydrogen (secondary N) is 1. The van der Waals surface area contributed by atoms with Gasteiger partial charge in [-0.05, 0) is 19.3 Å². The van der Waals surface area contributed by atoms with Crippen LogP contribution in [0.15, 0.2) is 12.2 Å². The van der Waals surface area contributed by atoms with E-state index in [4.69, 9.17) is 9.05 Å². The van der Waals surface area contributed by atoms with Gasteiger partial charge >= 0.3 is 7.82 Å². The Bertz CT molecular complexity index is 1160. The molecule has 0 heterocycles. The Morgan fingerprint density at radius 2 is 0.803 bits per heavy atom. The minimum Gasteiger partial charge on any atom is -0.387 e. The second-order valence-electron chi connectivity index (χ2n) is 19.8. The van der Waals surface area contributed by atoms with Crippen LogP contribution in [-0.4, -0.2) is 96.8 Å². The SMILES string of the molecule is CCCCCCCCCCCCC/C=C/[C@@H](O)[C@H](COP(=O)(O)OC1C(O)C(O)C(O)[C@@H](O)C1O)NC(=O)CCCCCCCCCCCCCCCCCCCCCCCCCCCC. The van der Waals surface area contributed by atoms with Gasteiger partial charge in [-0.3, -0.25) is 13.8 Å². The molecule has 0 spiro atoms. The fraction of sp³-hybridized carbons (Fsp3) is 0.943. The number of hydrogen-bond acceptors (Lipinski definition) is 10. The van der Waals surface area contributed by atoms with Crippen molar-refractivity contribution in [2.24, 2.45) is 0 Å². The summed E-state index contributed by atoms with van der Waals surface area (Å²) in [7, 11) is -5.08. The van der Waals surface area contributed by atoms with Gasteiger partial charge in [-0.25, -0.2) is 4.57 Å². The van der Waals surface area contributed by atoms with Gasteiger partial charge in [-0.1, -0.05) is 251 Å². The van der Waals surface area contributed by atoms with Gasteiger partial charge in [-0.15, -0.1) is 0 Å². The Morgan fingerprint density at radius 3 is 1.15 bits per heavy atom. The van der Waals surface area contributed by atoms with Gasteiger partial charge in [0, 0.05) is 6.42 Å². The maximum Gasteiger partial charge on any atom is 0.472 e. The highest BCUT2D eigenvalue weighted by Crippen LogP contribution is 2.47. The number of aliphatic hydroxyl groups is 6. The average molecular weight is 962 g/mol. The van der Waals surface area contributed by atoms with Gasteiger partial charge in [0.05, 0.1) is 18.8 Å². The summed E-state index contributed by atoms with van der Waals surface area (Å²) in [5.41, 5.74) is 0. The Hall–Kier alpha value is -0.920. The van der Waals surface area contributed by atoms with Gasteiger partial charge in [0.1, 0.15) is 36.6 Å². The van der Waals surface area contributed by atoms with Crippen LogP contribution in [0.4, 0.5) is 0 Å². The zero-order valence-corrected chi connectivity index (χ0v) is 43.2. The molecular formula is C53H104NO11P. The van der Waals surface area contributed by atoms with Crippen LogP contribution in [0.2, 0.25) is 0 Å². The highest BCUT2D eigenvalue weighted by Gasteiger charge is 2.51. The molecule has 1 fully saturated rings. The molecule has 9 atom stereocenters. The molecule has 1 amide bonds. The molecule has 0 radical (unpaired) electrons. The molecule has 1 aliphatic rings. The first-order valence-corrected chi connectivity index (χ1v) is 29.1. The van der Waals surface area contributed by atoms with Crippen LogP contribution >= 0.6 is 7.82 Å². The van der Waals surface area contributed by atoms with E-state index >= 15 is 0 Å². The minimum absolute atomic E-state index is 0.219. The third-order valence-corrected chi connectivity index (χ3v) is 14.6. The highest BCUT2D eigenvalue weighted by atomic mass is 31.2. The Balaban J connectivity index is 2.30. The first-order valence-electron chi connectivity index (χ1n) is 27.6. The van der Waals surface area contributed by atoms with Gasteiger partial charge in [0.25, 0.3) is 0 Å². The zero-order valence-electron chi connectivity index (χ0n) is 42.3. The van der Waals surface area contributed by atoms with Gasteiger partial charge in [0.2, 0.25) is 5.91 Å². The Labute approximate surface area is 403 Å². The van der Waals surface area contributed by atoms with E-state index in [0.717, 1.165) is 44.9 Å². The molecule has 0 bridgehead atoms. The van der Waals surface area contributed by atoms with E-state index in [-0.39, 0.29) is 12.3 Å². The molecule has 0 aromatic heterocycles. The third-order valence-electron chi connectivity index (χ3n) is 13.6. The van der Waals surface area contributed by atoms with Crippen molar-refractivity contribution in [2.45, 2.75) is 313 Å². The molecule has 12 nitrogen and oxygen atoms in total.